The molecule has 0 atom stereocenters. The standard InChI is InChI=1S/C17H23FN4O/c1-17(2,3)19-16(23)12-21(4)11-14-8-9-22(20-14)15-7-5-6-13(18)10-15/h5-10H,11-12H2,1-4H3,(H,19,23). The Morgan fingerprint density at radius 3 is 2.74 bits per heavy atom. The molecule has 1 aromatic carbocycles. The van der Waals surface area contributed by atoms with E-state index in [1.54, 1.807) is 23.0 Å². The maximum absolute atomic E-state index is 13.3. The van der Waals surface area contributed by atoms with Crippen LogP contribution in [0.4, 0.5) is 4.39 Å². The molecule has 0 aliphatic heterocycles. The van der Waals surface area contributed by atoms with Crippen LogP contribution in [0.15, 0.2) is 36.5 Å². The molecule has 0 saturated heterocycles. The lowest BCUT2D eigenvalue weighted by molar-refractivity contribution is -0.123. The number of carbonyl (C=O) groups excluding carboxylic acids is 1. The Bertz CT molecular complexity index is 675. The van der Waals surface area contributed by atoms with E-state index in [1.165, 1.54) is 12.1 Å². The maximum atomic E-state index is 13.3. The Balaban J connectivity index is 1.95. The summed E-state index contributed by atoms with van der Waals surface area (Å²) >= 11 is 0. The summed E-state index contributed by atoms with van der Waals surface area (Å²) in [5.74, 6) is -0.319. The normalized spacial score (nSPS) is 11.7. The molecule has 0 saturated carbocycles. The minimum Gasteiger partial charge on any atom is -0.350 e. The third-order valence-electron chi connectivity index (χ3n) is 3.08. The maximum Gasteiger partial charge on any atom is 0.234 e. The molecule has 0 radical (unpaired) electrons. The zero-order chi connectivity index (χ0) is 17.0. The zero-order valence-electron chi connectivity index (χ0n) is 14.0. The monoisotopic (exact) mass is 318 g/mol. The van der Waals surface area contributed by atoms with Gasteiger partial charge in [0.25, 0.3) is 0 Å². The van der Waals surface area contributed by atoms with E-state index in [9.17, 15) is 9.18 Å². The first-order valence-corrected chi connectivity index (χ1v) is 7.53. The summed E-state index contributed by atoms with van der Waals surface area (Å²) in [5, 5.41) is 7.35. The quantitative estimate of drug-likeness (QED) is 0.921. The van der Waals surface area contributed by atoms with Gasteiger partial charge < -0.3 is 5.32 Å². The number of nitrogens with zero attached hydrogens (tertiary/aromatic N) is 3. The van der Waals surface area contributed by atoms with Crippen LogP contribution in [-0.2, 0) is 11.3 Å². The Morgan fingerprint density at radius 1 is 1.35 bits per heavy atom. The second-order valence-corrected chi connectivity index (χ2v) is 6.70. The highest BCUT2D eigenvalue weighted by Gasteiger charge is 2.15. The van der Waals surface area contributed by atoms with Crippen molar-refractivity contribution in [1.29, 1.82) is 0 Å². The van der Waals surface area contributed by atoms with Crippen LogP contribution >= 0.6 is 0 Å². The topological polar surface area (TPSA) is 50.2 Å². The average molecular weight is 318 g/mol. The van der Waals surface area contributed by atoms with Crippen molar-refractivity contribution >= 4 is 5.91 Å². The summed E-state index contributed by atoms with van der Waals surface area (Å²) in [4.78, 5) is 13.8. The van der Waals surface area contributed by atoms with Gasteiger partial charge in [-0.15, -0.1) is 0 Å². The lowest BCUT2D eigenvalue weighted by Gasteiger charge is -2.23. The van der Waals surface area contributed by atoms with E-state index in [0.717, 1.165) is 5.69 Å². The summed E-state index contributed by atoms with van der Waals surface area (Å²) in [6.07, 6.45) is 1.78. The van der Waals surface area contributed by atoms with Gasteiger partial charge >= 0.3 is 0 Å². The summed E-state index contributed by atoms with van der Waals surface area (Å²) in [5.41, 5.74) is 1.25. The van der Waals surface area contributed by atoms with E-state index in [2.05, 4.69) is 10.4 Å². The number of amides is 1. The summed E-state index contributed by atoms with van der Waals surface area (Å²) in [7, 11) is 1.86. The average Bonchev–Trinajstić information content (AvgIpc) is 2.84. The minimum absolute atomic E-state index is 0.0236. The molecule has 6 heteroatoms. The zero-order valence-corrected chi connectivity index (χ0v) is 14.0. The van der Waals surface area contributed by atoms with E-state index >= 15 is 0 Å². The van der Waals surface area contributed by atoms with Crippen LogP contribution in [-0.4, -0.2) is 39.7 Å². The van der Waals surface area contributed by atoms with E-state index in [1.807, 2.05) is 38.8 Å². The molecule has 0 spiro atoms. The van der Waals surface area contributed by atoms with Crippen LogP contribution in [0.2, 0.25) is 0 Å². The molecular weight excluding hydrogens is 295 g/mol. The molecule has 23 heavy (non-hydrogen) atoms. The van der Waals surface area contributed by atoms with Crippen LogP contribution < -0.4 is 5.32 Å². The van der Waals surface area contributed by atoms with E-state index < -0.39 is 0 Å². The van der Waals surface area contributed by atoms with Gasteiger partial charge in [-0.05, 0) is 52.1 Å². The molecule has 1 heterocycles. The highest BCUT2D eigenvalue weighted by Crippen LogP contribution is 2.10. The molecule has 124 valence electrons. The van der Waals surface area contributed by atoms with Gasteiger partial charge in [-0.2, -0.15) is 5.10 Å². The van der Waals surface area contributed by atoms with Gasteiger partial charge in [0.15, 0.2) is 0 Å². The SMILES string of the molecule is CN(CC(=O)NC(C)(C)C)Cc1ccn(-c2cccc(F)c2)n1. The molecule has 0 bridgehead atoms. The van der Waals surface area contributed by atoms with Gasteiger partial charge in [-0.1, -0.05) is 6.07 Å². The number of hydrogen-bond donors (Lipinski definition) is 1. The van der Waals surface area contributed by atoms with Crippen molar-refractivity contribution in [3.63, 3.8) is 0 Å². The first-order chi connectivity index (χ1) is 10.7. The third kappa shape index (κ3) is 5.49. The molecule has 0 aliphatic carbocycles. The number of hydrogen-bond acceptors (Lipinski definition) is 3. The number of carbonyl (C=O) groups is 1. The van der Waals surface area contributed by atoms with Crippen molar-refractivity contribution in [2.45, 2.75) is 32.9 Å². The Labute approximate surface area is 136 Å². The number of nitrogens with one attached hydrogen (secondary N) is 1. The molecule has 1 aromatic heterocycles. The first-order valence-electron chi connectivity index (χ1n) is 7.53. The number of benzene rings is 1. The predicted octanol–water partition coefficient (Wildman–Crippen LogP) is 2.36. The van der Waals surface area contributed by atoms with Gasteiger partial charge in [0.05, 0.1) is 17.9 Å². The van der Waals surface area contributed by atoms with Crippen LogP contribution in [0, 0.1) is 5.82 Å². The van der Waals surface area contributed by atoms with Crippen molar-refractivity contribution < 1.29 is 9.18 Å². The van der Waals surface area contributed by atoms with E-state index in [4.69, 9.17) is 0 Å². The molecule has 5 nitrogen and oxygen atoms in total. The molecule has 0 unspecified atom stereocenters. The summed E-state index contributed by atoms with van der Waals surface area (Å²) < 4.78 is 14.9. The van der Waals surface area contributed by atoms with E-state index in [-0.39, 0.29) is 17.3 Å². The molecular formula is C17H23FN4O. The predicted molar refractivity (Wildman–Crippen MR) is 87.8 cm³/mol. The van der Waals surface area contributed by atoms with Gasteiger partial charge in [0.1, 0.15) is 5.82 Å². The molecule has 1 amide bonds. The molecule has 0 fully saturated rings. The third-order valence-corrected chi connectivity index (χ3v) is 3.08. The van der Waals surface area contributed by atoms with Gasteiger partial charge in [-0.25, -0.2) is 9.07 Å². The summed E-state index contributed by atoms with van der Waals surface area (Å²) in [6.45, 7) is 6.69. The van der Waals surface area contributed by atoms with E-state index in [0.29, 0.717) is 18.8 Å². The molecule has 2 rings (SSSR count). The van der Waals surface area contributed by atoms with Gasteiger partial charge in [-0.3, -0.25) is 9.69 Å². The number of rotatable bonds is 5. The first kappa shape index (κ1) is 17.1. The lowest BCUT2D eigenvalue weighted by Crippen LogP contribution is -2.45. The van der Waals surface area contributed by atoms with Crippen molar-refractivity contribution in [2.24, 2.45) is 0 Å². The van der Waals surface area contributed by atoms with Gasteiger partial charge in [0.2, 0.25) is 5.91 Å². The molecule has 0 aliphatic rings. The molecule has 1 N–H and O–H groups in total. The minimum atomic E-state index is -0.296. The molecule has 2 aromatic rings. The summed E-state index contributed by atoms with van der Waals surface area (Å²) in [6, 6.07) is 8.13. The largest absolute Gasteiger partial charge is 0.350 e. The van der Waals surface area contributed by atoms with Gasteiger partial charge in [0, 0.05) is 18.3 Å². The highest BCUT2D eigenvalue weighted by molar-refractivity contribution is 5.78. The smallest absolute Gasteiger partial charge is 0.234 e. The van der Waals surface area contributed by atoms with Crippen LogP contribution in [0.5, 0.6) is 0 Å². The van der Waals surface area contributed by atoms with Crippen LogP contribution in [0.25, 0.3) is 5.69 Å². The van der Waals surface area contributed by atoms with Crippen molar-refractivity contribution in [3.8, 4) is 5.69 Å². The number of aromatic nitrogens is 2. The van der Waals surface area contributed by atoms with Crippen LogP contribution in [0.1, 0.15) is 26.5 Å². The second kappa shape index (κ2) is 6.91. The Kier molecular flexibility index (Phi) is 5.15. The number of halogens is 1. The van der Waals surface area contributed by atoms with Crippen molar-refractivity contribution in [3.05, 3.63) is 48.0 Å². The highest BCUT2D eigenvalue weighted by atomic mass is 19.1. The fraction of sp³-hybridized carbons (Fsp3) is 0.412. The Hall–Kier alpha value is -2.21. The Morgan fingerprint density at radius 2 is 2.09 bits per heavy atom. The number of likely N-dealkylation sites (N-methyl/N-ethyl adjacent to an activating group) is 1. The fourth-order valence-electron chi connectivity index (χ4n) is 2.24. The van der Waals surface area contributed by atoms with Crippen molar-refractivity contribution in [1.82, 2.24) is 20.0 Å². The van der Waals surface area contributed by atoms with Crippen molar-refractivity contribution in [2.75, 3.05) is 13.6 Å². The fourth-order valence-corrected chi connectivity index (χ4v) is 2.24. The second-order valence-electron chi connectivity index (χ2n) is 6.70. The lowest BCUT2D eigenvalue weighted by atomic mass is 10.1. The van der Waals surface area contributed by atoms with Crippen LogP contribution in [0.3, 0.4) is 0 Å².